The number of carbonyl (C=O) groups excluding carboxylic acids is 2. The number of amides is 2. The summed E-state index contributed by atoms with van der Waals surface area (Å²) in [6, 6.07) is 5.87. The molecule has 1 aromatic carbocycles. The van der Waals surface area contributed by atoms with Gasteiger partial charge in [-0.1, -0.05) is 26.0 Å². The second-order valence-corrected chi connectivity index (χ2v) is 7.08. The van der Waals surface area contributed by atoms with E-state index >= 15 is 0 Å². The highest BCUT2D eigenvalue weighted by atomic mass is 19.1. The van der Waals surface area contributed by atoms with Crippen LogP contribution in [-0.2, 0) is 14.3 Å². The number of carbonyl (C=O) groups is 2. The number of hydrogen-bond acceptors (Lipinski definition) is 3. The molecule has 5 nitrogen and oxygen atoms in total. The van der Waals surface area contributed by atoms with Crippen molar-refractivity contribution < 1.29 is 18.7 Å². The van der Waals surface area contributed by atoms with Crippen molar-refractivity contribution in [2.75, 3.05) is 26.2 Å². The third-order valence-corrected chi connectivity index (χ3v) is 4.93. The Morgan fingerprint density at radius 3 is 2.76 bits per heavy atom. The molecule has 2 aliphatic rings. The van der Waals surface area contributed by atoms with Crippen LogP contribution in [0.3, 0.4) is 0 Å². The van der Waals surface area contributed by atoms with Crippen molar-refractivity contribution in [3.05, 3.63) is 35.6 Å². The molecular formula is C19H25FN2O3. The number of halogens is 1. The molecule has 0 N–H and O–H groups in total. The summed E-state index contributed by atoms with van der Waals surface area (Å²) in [5.74, 6) is -0.241. The monoisotopic (exact) mass is 348 g/mol. The predicted octanol–water partition coefficient (Wildman–Crippen LogP) is 2.37. The molecule has 136 valence electrons. The molecule has 0 aliphatic carbocycles. The normalized spacial score (nSPS) is 22.6. The molecule has 0 bridgehead atoms. The van der Waals surface area contributed by atoms with Crippen molar-refractivity contribution in [3.63, 3.8) is 0 Å². The second-order valence-electron chi connectivity index (χ2n) is 7.08. The Kier molecular flexibility index (Phi) is 5.37. The SMILES string of the molecule is CC(C)C(C(=O)N1CCOC(c2cccc(F)c2)C1)N1CCCC1=O. The standard InChI is InChI=1S/C19H25FN2O3/c1-13(2)18(22-8-4-7-17(22)23)19(24)21-9-10-25-16(12-21)14-5-3-6-15(20)11-14/h3,5-6,11,13,16,18H,4,7-10,12H2,1-2H3. The first-order valence-electron chi connectivity index (χ1n) is 8.92. The zero-order chi connectivity index (χ0) is 18.0. The minimum Gasteiger partial charge on any atom is -0.370 e. The van der Waals surface area contributed by atoms with Crippen LogP contribution < -0.4 is 0 Å². The number of hydrogen-bond donors (Lipinski definition) is 0. The molecule has 1 aromatic rings. The van der Waals surface area contributed by atoms with Crippen LogP contribution in [0.5, 0.6) is 0 Å². The van der Waals surface area contributed by atoms with Crippen LogP contribution in [0.25, 0.3) is 0 Å². The lowest BCUT2D eigenvalue weighted by Gasteiger charge is -2.38. The van der Waals surface area contributed by atoms with Gasteiger partial charge < -0.3 is 14.5 Å². The van der Waals surface area contributed by atoms with Crippen molar-refractivity contribution in [1.82, 2.24) is 9.80 Å². The second kappa shape index (κ2) is 7.52. The van der Waals surface area contributed by atoms with Crippen molar-refractivity contribution in [2.24, 2.45) is 5.92 Å². The fourth-order valence-electron chi connectivity index (χ4n) is 3.69. The number of morpholine rings is 1. The minimum absolute atomic E-state index is 0.0325. The molecule has 6 heteroatoms. The van der Waals surface area contributed by atoms with Crippen LogP contribution in [0.1, 0.15) is 38.4 Å². The molecule has 2 amide bonds. The third kappa shape index (κ3) is 3.84. The van der Waals surface area contributed by atoms with E-state index in [-0.39, 0.29) is 29.7 Å². The van der Waals surface area contributed by atoms with Crippen LogP contribution in [-0.4, -0.2) is 53.9 Å². The zero-order valence-electron chi connectivity index (χ0n) is 14.8. The fourth-order valence-corrected chi connectivity index (χ4v) is 3.69. The Hall–Kier alpha value is -1.95. The Morgan fingerprint density at radius 2 is 2.12 bits per heavy atom. The van der Waals surface area contributed by atoms with E-state index in [2.05, 4.69) is 0 Å². The lowest BCUT2D eigenvalue weighted by molar-refractivity contribution is -0.151. The van der Waals surface area contributed by atoms with Gasteiger partial charge in [0.2, 0.25) is 11.8 Å². The Labute approximate surface area is 147 Å². The molecule has 0 saturated carbocycles. The van der Waals surface area contributed by atoms with Gasteiger partial charge in [0.15, 0.2) is 0 Å². The molecule has 2 atom stereocenters. The number of ether oxygens (including phenoxy) is 1. The van der Waals surface area contributed by atoms with Gasteiger partial charge in [-0.25, -0.2) is 4.39 Å². The zero-order valence-corrected chi connectivity index (χ0v) is 14.8. The molecule has 2 heterocycles. The molecule has 2 fully saturated rings. The van der Waals surface area contributed by atoms with E-state index < -0.39 is 6.04 Å². The van der Waals surface area contributed by atoms with E-state index in [1.807, 2.05) is 19.9 Å². The van der Waals surface area contributed by atoms with Gasteiger partial charge in [0.1, 0.15) is 18.0 Å². The van der Waals surface area contributed by atoms with E-state index in [0.29, 0.717) is 32.7 Å². The summed E-state index contributed by atoms with van der Waals surface area (Å²) in [5, 5.41) is 0. The molecule has 25 heavy (non-hydrogen) atoms. The Morgan fingerprint density at radius 1 is 1.32 bits per heavy atom. The summed E-state index contributed by atoms with van der Waals surface area (Å²) in [5.41, 5.74) is 0.732. The molecular weight excluding hydrogens is 323 g/mol. The summed E-state index contributed by atoms with van der Waals surface area (Å²) >= 11 is 0. The Balaban J connectivity index is 1.75. The molecule has 0 aromatic heterocycles. The lowest BCUT2D eigenvalue weighted by Crippen LogP contribution is -2.54. The van der Waals surface area contributed by atoms with Crippen molar-refractivity contribution in [2.45, 2.75) is 38.8 Å². The summed E-state index contributed by atoms with van der Waals surface area (Å²) in [6.07, 6.45) is 0.992. The van der Waals surface area contributed by atoms with Gasteiger partial charge in [-0.15, -0.1) is 0 Å². The quantitative estimate of drug-likeness (QED) is 0.839. The summed E-state index contributed by atoms with van der Waals surface area (Å²) in [4.78, 5) is 28.7. The first-order chi connectivity index (χ1) is 12.0. The minimum atomic E-state index is -0.429. The van der Waals surface area contributed by atoms with Crippen molar-refractivity contribution in [1.29, 1.82) is 0 Å². The molecule has 2 unspecified atom stereocenters. The van der Waals surface area contributed by atoms with Crippen molar-refractivity contribution >= 4 is 11.8 Å². The number of nitrogens with zero attached hydrogens (tertiary/aromatic N) is 2. The number of rotatable bonds is 4. The van der Waals surface area contributed by atoms with Crippen LogP contribution in [0.2, 0.25) is 0 Å². The molecule has 3 rings (SSSR count). The molecule has 2 saturated heterocycles. The topological polar surface area (TPSA) is 49.9 Å². The lowest BCUT2D eigenvalue weighted by atomic mass is 10.00. The smallest absolute Gasteiger partial charge is 0.245 e. The van der Waals surface area contributed by atoms with Crippen LogP contribution in [0.15, 0.2) is 24.3 Å². The highest BCUT2D eigenvalue weighted by molar-refractivity contribution is 5.89. The maximum Gasteiger partial charge on any atom is 0.245 e. The van der Waals surface area contributed by atoms with Crippen molar-refractivity contribution in [3.8, 4) is 0 Å². The number of benzene rings is 1. The highest BCUT2D eigenvalue weighted by Crippen LogP contribution is 2.26. The fraction of sp³-hybridized carbons (Fsp3) is 0.579. The van der Waals surface area contributed by atoms with E-state index in [4.69, 9.17) is 4.74 Å². The average Bonchev–Trinajstić information content (AvgIpc) is 3.00. The van der Waals surface area contributed by atoms with Crippen LogP contribution in [0, 0.1) is 11.7 Å². The largest absolute Gasteiger partial charge is 0.370 e. The van der Waals surface area contributed by atoms with Gasteiger partial charge in [0.05, 0.1) is 13.2 Å². The summed E-state index contributed by atoms with van der Waals surface area (Å²) in [7, 11) is 0. The Bertz CT molecular complexity index is 649. The predicted molar refractivity (Wildman–Crippen MR) is 91.2 cm³/mol. The van der Waals surface area contributed by atoms with Gasteiger partial charge in [-0.2, -0.15) is 0 Å². The summed E-state index contributed by atoms with van der Waals surface area (Å²) in [6.45, 7) is 5.87. The van der Waals surface area contributed by atoms with Gasteiger partial charge in [0.25, 0.3) is 0 Å². The highest BCUT2D eigenvalue weighted by Gasteiger charge is 2.38. The van der Waals surface area contributed by atoms with Gasteiger partial charge >= 0.3 is 0 Å². The molecule has 0 spiro atoms. The maximum atomic E-state index is 13.5. The molecule has 2 aliphatic heterocycles. The van der Waals surface area contributed by atoms with Crippen LogP contribution in [0.4, 0.5) is 4.39 Å². The maximum absolute atomic E-state index is 13.5. The van der Waals surface area contributed by atoms with Gasteiger partial charge in [-0.3, -0.25) is 9.59 Å². The molecule has 0 radical (unpaired) electrons. The van der Waals surface area contributed by atoms with E-state index in [1.165, 1.54) is 12.1 Å². The van der Waals surface area contributed by atoms with Gasteiger partial charge in [-0.05, 0) is 30.0 Å². The number of likely N-dealkylation sites (tertiary alicyclic amines) is 1. The van der Waals surface area contributed by atoms with Gasteiger partial charge in [0, 0.05) is 19.5 Å². The average molecular weight is 348 g/mol. The van der Waals surface area contributed by atoms with E-state index in [0.717, 1.165) is 12.0 Å². The van der Waals surface area contributed by atoms with E-state index in [1.54, 1.807) is 15.9 Å². The first kappa shape index (κ1) is 17.9. The van der Waals surface area contributed by atoms with E-state index in [9.17, 15) is 14.0 Å². The van der Waals surface area contributed by atoms with Crippen LogP contribution >= 0.6 is 0 Å². The first-order valence-corrected chi connectivity index (χ1v) is 8.92. The summed E-state index contributed by atoms with van der Waals surface area (Å²) < 4.78 is 19.2. The third-order valence-electron chi connectivity index (χ3n) is 4.93.